The van der Waals surface area contributed by atoms with Gasteiger partial charge in [0.1, 0.15) is 5.82 Å². The Morgan fingerprint density at radius 1 is 1.43 bits per heavy atom. The van der Waals surface area contributed by atoms with Gasteiger partial charge in [-0.3, -0.25) is 0 Å². The predicted octanol–water partition coefficient (Wildman–Crippen LogP) is 4.60. The molecule has 0 amide bonds. The van der Waals surface area contributed by atoms with E-state index in [0.29, 0.717) is 10.6 Å². The first kappa shape index (κ1) is 11.8. The van der Waals surface area contributed by atoms with Crippen molar-refractivity contribution in [1.29, 1.82) is 0 Å². The normalized spacial score (nSPS) is 15.2. The Morgan fingerprint density at radius 2 is 2.07 bits per heavy atom. The molecule has 0 spiro atoms. The van der Waals surface area contributed by atoms with Crippen molar-refractivity contribution in [3.05, 3.63) is 34.6 Å². The van der Waals surface area contributed by atoms with Gasteiger partial charge in [0.2, 0.25) is 0 Å². The number of halogens is 3. The van der Waals surface area contributed by atoms with Gasteiger partial charge in [-0.05, 0) is 18.6 Å². The van der Waals surface area contributed by atoms with Gasteiger partial charge < -0.3 is 0 Å². The molecule has 0 radical (unpaired) electrons. The maximum atomic E-state index is 13.5. The van der Waals surface area contributed by atoms with Gasteiger partial charge in [0.05, 0.1) is 0 Å². The van der Waals surface area contributed by atoms with Crippen LogP contribution >= 0.6 is 23.2 Å². The van der Waals surface area contributed by atoms with Crippen LogP contribution in [-0.4, -0.2) is 5.38 Å². The fraction of sp³-hybridized carbons (Fsp3) is 0.455. The Bertz CT molecular complexity index is 292. The summed E-state index contributed by atoms with van der Waals surface area (Å²) < 4.78 is 13.5. The summed E-state index contributed by atoms with van der Waals surface area (Å²) in [5.74, 6) is -0.334. The second kappa shape index (κ2) is 4.99. The van der Waals surface area contributed by atoms with Crippen LogP contribution in [0, 0.1) is 5.82 Å². The summed E-state index contributed by atoms with van der Waals surface area (Å²) >= 11 is 12.0. The van der Waals surface area contributed by atoms with Crippen LogP contribution in [0.4, 0.5) is 4.39 Å². The summed E-state index contributed by atoms with van der Waals surface area (Å²) in [7, 11) is 0. The summed E-state index contributed by atoms with van der Waals surface area (Å²) in [5, 5.41) is 0.376. The SMILES string of the molecule is CCC(Cl)C(C)c1c(F)cccc1Cl. The molecule has 0 aliphatic carbocycles. The van der Waals surface area contributed by atoms with E-state index in [1.165, 1.54) is 6.07 Å². The largest absolute Gasteiger partial charge is 0.207 e. The highest BCUT2D eigenvalue weighted by Crippen LogP contribution is 2.32. The number of alkyl halides is 1. The van der Waals surface area contributed by atoms with E-state index in [0.717, 1.165) is 6.42 Å². The molecule has 0 saturated heterocycles. The Hall–Kier alpha value is -0.270. The van der Waals surface area contributed by atoms with Gasteiger partial charge in [0.25, 0.3) is 0 Å². The first-order chi connectivity index (χ1) is 6.57. The van der Waals surface area contributed by atoms with Gasteiger partial charge in [-0.15, -0.1) is 11.6 Å². The summed E-state index contributed by atoms with van der Waals surface area (Å²) in [6, 6.07) is 4.70. The number of benzene rings is 1. The fourth-order valence-electron chi connectivity index (χ4n) is 1.48. The number of hydrogen-bond donors (Lipinski definition) is 0. The Kier molecular flexibility index (Phi) is 4.21. The summed E-state index contributed by atoms with van der Waals surface area (Å²) in [5.41, 5.74) is 0.524. The minimum atomic E-state index is -0.274. The van der Waals surface area contributed by atoms with Gasteiger partial charge >= 0.3 is 0 Å². The van der Waals surface area contributed by atoms with Crippen LogP contribution < -0.4 is 0 Å². The molecular formula is C11H13Cl2F. The lowest BCUT2D eigenvalue weighted by Crippen LogP contribution is -2.10. The average molecular weight is 235 g/mol. The molecule has 2 atom stereocenters. The molecule has 0 fully saturated rings. The van der Waals surface area contributed by atoms with E-state index in [-0.39, 0.29) is 17.1 Å². The van der Waals surface area contributed by atoms with Gasteiger partial charge in [-0.2, -0.15) is 0 Å². The third-order valence-electron chi connectivity index (χ3n) is 2.39. The quantitative estimate of drug-likeness (QED) is 0.671. The van der Waals surface area contributed by atoms with Crippen LogP contribution in [0.2, 0.25) is 5.02 Å². The number of rotatable bonds is 3. The van der Waals surface area contributed by atoms with Gasteiger partial charge in [0, 0.05) is 21.9 Å². The molecule has 0 aliphatic heterocycles. The van der Waals surface area contributed by atoms with Crippen LogP contribution in [0.3, 0.4) is 0 Å². The van der Waals surface area contributed by atoms with Crippen molar-refractivity contribution in [1.82, 2.24) is 0 Å². The Labute approximate surface area is 94.0 Å². The minimum absolute atomic E-state index is 0.0598. The van der Waals surface area contributed by atoms with Crippen LogP contribution in [0.1, 0.15) is 31.7 Å². The minimum Gasteiger partial charge on any atom is -0.207 e. The molecule has 0 nitrogen and oxygen atoms in total. The first-order valence-corrected chi connectivity index (χ1v) is 5.47. The van der Waals surface area contributed by atoms with Crippen molar-refractivity contribution in [2.45, 2.75) is 31.6 Å². The molecule has 78 valence electrons. The van der Waals surface area contributed by atoms with Crippen LogP contribution in [-0.2, 0) is 0 Å². The number of hydrogen-bond acceptors (Lipinski definition) is 0. The fourth-order valence-corrected chi connectivity index (χ4v) is 1.94. The molecule has 0 saturated carbocycles. The van der Waals surface area contributed by atoms with E-state index in [1.54, 1.807) is 12.1 Å². The average Bonchev–Trinajstić information content (AvgIpc) is 2.16. The van der Waals surface area contributed by atoms with E-state index < -0.39 is 0 Å². The third-order valence-corrected chi connectivity index (χ3v) is 3.40. The molecular weight excluding hydrogens is 222 g/mol. The van der Waals surface area contributed by atoms with Crippen molar-refractivity contribution in [3.8, 4) is 0 Å². The molecule has 1 rings (SSSR count). The predicted molar refractivity (Wildman–Crippen MR) is 59.8 cm³/mol. The molecule has 0 heterocycles. The zero-order chi connectivity index (χ0) is 10.7. The Morgan fingerprint density at radius 3 is 2.57 bits per heavy atom. The molecule has 14 heavy (non-hydrogen) atoms. The van der Waals surface area contributed by atoms with Crippen molar-refractivity contribution in [3.63, 3.8) is 0 Å². The van der Waals surface area contributed by atoms with E-state index >= 15 is 0 Å². The van der Waals surface area contributed by atoms with Crippen LogP contribution in [0.25, 0.3) is 0 Å². The molecule has 0 bridgehead atoms. The molecule has 0 N–H and O–H groups in total. The van der Waals surface area contributed by atoms with E-state index in [1.807, 2.05) is 13.8 Å². The van der Waals surface area contributed by atoms with Crippen LogP contribution in [0.5, 0.6) is 0 Å². The Balaban J connectivity index is 3.05. The molecule has 0 aromatic heterocycles. The summed E-state index contributed by atoms with van der Waals surface area (Å²) in [6.45, 7) is 3.87. The second-order valence-corrected chi connectivity index (χ2v) is 4.32. The standard InChI is InChI=1S/C11H13Cl2F/c1-3-8(12)7(2)11-9(13)5-4-6-10(11)14/h4-8H,3H2,1-2H3. The molecule has 1 aromatic carbocycles. The molecule has 1 aromatic rings. The van der Waals surface area contributed by atoms with Crippen molar-refractivity contribution < 1.29 is 4.39 Å². The highest BCUT2D eigenvalue weighted by molar-refractivity contribution is 6.31. The van der Waals surface area contributed by atoms with Gasteiger partial charge in [-0.1, -0.05) is 31.5 Å². The lowest BCUT2D eigenvalue weighted by molar-refractivity contribution is 0.574. The monoisotopic (exact) mass is 234 g/mol. The van der Waals surface area contributed by atoms with E-state index in [9.17, 15) is 4.39 Å². The van der Waals surface area contributed by atoms with Gasteiger partial charge in [0.15, 0.2) is 0 Å². The highest BCUT2D eigenvalue weighted by Gasteiger charge is 2.20. The smallest absolute Gasteiger partial charge is 0.128 e. The van der Waals surface area contributed by atoms with Crippen LogP contribution in [0.15, 0.2) is 18.2 Å². The maximum absolute atomic E-state index is 13.5. The van der Waals surface area contributed by atoms with Crippen molar-refractivity contribution in [2.75, 3.05) is 0 Å². The third kappa shape index (κ3) is 2.40. The topological polar surface area (TPSA) is 0 Å². The van der Waals surface area contributed by atoms with Crippen molar-refractivity contribution >= 4 is 23.2 Å². The maximum Gasteiger partial charge on any atom is 0.128 e. The molecule has 0 aliphatic rings. The summed E-state index contributed by atoms with van der Waals surface area (Å²) in [4.78, 5) is 0. The highest BCUT2D eigenvalue weighted by atomic mass is 35.5. The molecule has 3 heteroatoms. The van der Waals surface area contributed by atoms with E-state index in [2.05, 4.69) is 0 Å². The second-order valence-electron chi connectivity index (χ2n) is 3.35. The zero-order valence-electron chi connectivity index (χ0n) is 8.23. The zero-order valence-corrected chi connectivity index (χ0v) is 9.74. The first-order valence-electron chi connectivity index (χ1n) is 4.65. The molecule has 2 unspecified atom stereocenters. The lowest BCUT2D eigenvalue weighted by Gasteiger charge is -2.18. The van der Waals surface area contributed by atoms with Crippen molar-refractivity contribution in [2.24, 2.45) is 0 Å². The summed E-state index contributed by atoms with van der Waals surface area (Å²) in [6.07, 6.45) is 0.799. The lowest BCUT2D eigenvalue weighted by atomic mass is 9.95. The van der Waals surface area contributed by atoms with E-state index in [4.69, 9.17) is 23.2 Å². The van der Waals surface area contributed by atoms with Gasteiger partial charge in [-0.25, -0.2) is 4.39 Å².